The van der Waals surface area contributed by atoms with E-state index in [9.17, 15) is 0 Å². The summed E-state index contributed by atoms with van der Waals surface area (Å²) >= 11 is 0. The number of benzene rings is 9. The van der Waals surface area contributed by atoms with Crippen molar-refractivity contribution < 1.29 is 1.37 Å². The highest BCUT2D eigenvalue weighted by molar-refractivity contribution is 5.82. The Morgan fingerprint density at radius 2 is 0.368 bits per heavy atom. The first kappa shape index (κ1) is 33.9. The summed E-state index contributed by atoms with van der Waals surface area (Å²) in [5.74, 6) is 0. The number of rotatable bonds is 11. The maximum Gasteiger partial charge on any atom is 0.0623 e. The molecule has 3 nitrogen and oxygen atoms in total. The Hall–Kier alpha value is -7.62. The fourth-order valence-corrected chi connectivity index (χ4v) is 7.39. The Morgan fingerprint density at radius 1 is 0.193 bits per heavy atom. The molecule has 0 aliphatic heterocycles. The van der Waals surface area contributed by atoms with Gasteiger partial charge in [0.1, 0.15) is 0 Å². The van der Waals surface area contributed by atoms with Gasteiger partial charge in [-0.2, -0.15) is 0 Å². The molecule has 0 bridgehead atoms. The molecule has 272 valence electrons. The van der Waals surface area contributed by atoms with Gasteiger partial charge in [0, 0.05) is 51.2 Å². The van der Waals surface area contributed by atoms with Crippen molar-refractivity contribution in [2.24, 2.45) is 0 Å². The first-order chi connectivity index (χ1) is 28.7. The monoisotopic (exact) mass is 733 g/mol. The second-order valence-corrected chi connectivity index (χ2v) is 13.8. The minimum absolute atomic E-state index is 0.484. The van der Waals surface area contributed by atoms with Crippen LogP contribution >= 0.6 is 0 Å². The van der Waals surface area contributed by atoms with Gasteiger partial charge in [-0.3, -0.25) is 0 Å². The van der Waals surface area contributed by atoms with Gasteiger partial charge in [0.05, 0.1) is 1.37 Å². The van der Waals surface area contributed by atoms with Crippen LogP contribution in [-0.4, -0.2) is 0 Å². The third-order valence-electron chi connectivity index (χ3n) is 10.2. The highest BCUT2D eigenvalue weighted by atomic mass is 15.2. The van der Waals surface area contributed by atoms with Crippen molar-refractivity contribution in [2.75, 3.05) is 14.7 Å². The number of para-hydroxylation sites is 5. The zero-order valence-electron chi connectivity index (χ0n) is 32.4. The zero-order chi connectivity index (χ0) is 39.1. The van der Waals surface area contributed by atoms with Gasteiger partial charge in [-0.05, 0) is 131 Å². The van der Waals surface area contributed by atoms with E-state index in [1.165, 1.54) is 0 Å². The fraction of sp³-hybridized carbons (Fsp3) is 0. The summed E-state index contributed by atoms with van der Waals surface area (Å²) in [5, 5.41) is 0. The van der Waals surface area contributed by atoms with Crippen LogP contribution in [0, 0.1) is 0 Å². The quantitative estimate of drug-likeness (QED) is 0.131. The summed E-state index contributed by atoms with van der Waals surface area (Å²) in [6.45, 7) is 0. The van der Waals surface area contributed by atoms with Crippen molar-refractivity contribution in [3.05, 3.63) is 249 Å². The van der Waals surface area contributed by atoms with E-state index < -0.39 is 0 Å². The standard InChI is InChI=1S/C54H41N3/c1-6-16-46(17-7-1)55(47-18-8-2-9-19-47)51-34-26-42(27-35-51)44-30-38-53(39-31-44)57(50-24-14-5-15-25-50)54-40-32-45(33-41-54)43-28-36-52(37-29-43)56(48-20-10-3-11-21-48)49-22-12-4-13-23-49/h1-41H/i5T. The Bertz CT molecular complexity index is 2420. The molecule has 0 aliphatic carbocycles. The Kier molecular flexibility index (Phi) is 9.76. The average Bonchev–Trinajstić information content (AvgIpc) is 3.30. The maximum atomic E-state index is 8.14. The van der Waals surface area contributed by atoms with Crippen molar-refractivity contribution in [1.82, 2.24) is 0 Å². The molecule has 0 atom stereocenters. The van der Waals surface area contributed by atoms with Gasteiger partial charge in [-0.15, -0.1) is 0 Å². The average molecular weight is 734 g/mol. The predicted molar refractivity (Wildman–Crippen MR) is 241 cm³/mol. The lowest BCUT2D eigenvalue weighted by Gasteiger charge is -2.26. The summed E-state index contributed by atoms with van der Waals surface area (Å²) in [5.41, 5.74) is 14.3. The summed E-state index contributed by atoms with van der Waals surface area (Å²) in [4.78, 5) is 6.80. The van der Waals surface area contributed by atoms with E-state index >= 15 is 0 Å². The summed E-state index contributed by atoms with van der Waals surface area (Å²) < 4.78 is 8.14. The van der Waals surface area contributed by atoms with Crippen LogP contribution in [0.3, 0.4) is 0 Å². The van der Waals surface area contributed by atoms with Crippen molar-refractivity contribution in [3.63, 3.8) is 0 Å². The van der Waals surface area contributed by atoms with Crippen LogP contribution < -0.4 is 14.7 Å². The number of hydrogen-bond donors (Lipinski definition) is 0. The number of anilines is 9. The van der Waals surface area contributed by atoms with Crippen LogP contribution in [0.4, 0.5) is 51.2 Å². The first-order valence-corrected chi connectivity index (χ1v) is 19.3. The summed E-state index contributed by atoms with van der Waals surface area (Å²) in [7, 11) is 0. The zero-order valence-corrected chi connectivity index (χ0v) is 31.4. The summed E-state index contributed by atoms with van der Waals surface area (Å²) in [6.07, 6.45) is 0. The van der Waals surface area contributed by atoms with E-state index in [-0.39, 0.29) is 0 Å². The lowest BCUT2D eigenvalue weighted by molar-refractivity contribution is 1.28. The van der Waals surface area contributed by atoms with Crippen LogP contribution in [0.25, 0.3) is 22.3 Å². The Morgan fingerprint density at radius 3 is 0.579 bits per heavy atom. The molecular formula is C54H41N3. The van der Waals surface area contributed by atoms with Crippen molar-refractivity contribution in [1.29, 1.82) is 0 Å². The van der Waals surface area contributed by atoms with E-state index in [1.54, 1.807) is 0 Å². The molecule has 0 unspecified atom stereocenters. The number of hydrogen-bond acceptors (Lipinski definition) is 3. The van der Waals surface area contributed by atoms with Gasteiger partial charge >= 0.3 is 0 Å². The Balaban J connectivity index is 0.980. The first-order valence-electron chi connectivity index (χ1n) is 19.8. The molecule has 57 heavy (non-hydrogen) atoms. The van der Waals surface area contributed by atoms with E-state index in [0.29, 0.717) is 6.04 Å². The molecule has 0 saturated heterocycles. The predicted octanol–water partition coefficient (Wildman–Crippen LogP) is 15.4. The molecular weight excluding hydrogens is 691 g/mol. The Labute approximate surface area is 337 Å². The van der Waals surface area contributed by atoms with Gasteiger partial charge in [0.2, 0.25) is 0 Å². The van der Waals surface area contributed by atoms with E-state index in [1.807, 2.05) is 48.5 Å². The van der Waals surface area contributed by atoms with Gasteiger partial charge in [0.15, 0.2) is 0 Å². The molecule has 3 heteroatoms. The highest BCUT2D eigenvalue weighted by Crippen LogP contribution is 2.39. The van der Waals surface area contributed by atoms with Crippen LogP contribution in [-0.2, 0) is 0 Å². The van der Waals surface area contributed by atoms with Gasteiger partial charge < -0.3 is 14.7 Å². The molecule has 9 rings (SSSR count). The lowest BCUT2D eigenvalue weighted by atomic mass is 10.0. The van der Waals surface area contributed by atoms with Gasteiger partial charge in [-0.25, -0.2) is 0 Å². The fourth-order valence-electron chi connectivity index (χ4n) is 7.39. The van der Waals surface area contributed by atoms with Gasteiger partial charge in [0.25, 0.3) is 0 Å². The van der Waals surface area contributed by atoms with Crippen molar-refractivity contribution in [3.8, 4) is 22.3 Å². The minimum atomic E-state index is 0.484. The normalized spacial score (nSPS) is 11.1. The minimum Gasteiger partial charge on any atom is -0.311 e. The molecule has 0 heterocycles. The molecule has 0 spiro atoms. The van der Waals surface area contributed by atoms with Crippen molar-refractivity contribution in [2.45, 2.75) is 0 Å². The topological polar surface area (TPSA) is 9.72 Å². The SMILES string of the molecule is [3H]c1ccc(N(c2ccc(-c3ccc(N(c4ccccc4)c4ccccc4)cc3)cc2)c2ccc(-c3ccc(N(c4ccccc4)c4ccccc4)cc3)cc2)cc1. The van der Waals surface area contributed by atoms with Crippen LogP contribution in [0.2, 0.25) is 0 Å². The molecule has 9 aromatic rings. The number of nitrogens with zero attached hydrogens (tertiary/aromatic N) is 3. The van der Waals surface area contributed by atoms with E-state index in [2.05, 4.69) is 209 Å². The third-order valence-corrected chi connectivity index (χ3v) is 10.2. The molecule has 0 saturated carbocycles. The molecule has 0 aromatic heterocycles. The highest BCUT2D eigenvalue weighted by Gasteiger charge is 2.16. The summed E-state index contributed by atoms with van der Waals surface area (Å²) in [6, 6.07) is 85.1. The van der Waals surface area contributed by atoms with Crippen molar-refractivity contribution >= 4 is 51.2 Å². The van der Waals surface area contributed by atoms with Gasteiger partial charge in [-0.1, -0.05) is 140 Å². The second-order valence-electron chi connectivity index (χ2n) is 13.8. The van der Waals surface area contributed by atoms with Crippen LogP contribution in [0.5, 0.6) is 0 Å². The lowest BCUT2D eigenvalue weighted by Crippen LogP contribution is -2.10. The molecule has 0 fully saturated rings. The largest absolute Gasteiger partial charge is 0.311 e. The van der Waals surface area contributed by atoms with Crippen LogP contribution in [0.1, 0.15) is 1.37 Å². The molecule has 9 aromatic carbocycles. The van der Waals surface area contributed by atoms with Crippen LogP contribution in [0.15, 0.2) is 249 Å². The van der Waals surface area contributed by atoms with E-state index in [4.69, 9.17) is 1.37 Å². The molecule has 0 N–H and O–H groups in total. The maximum absolute atomic E-state index is 8.14. The molecule has 0 amide bonds. The smallest absolute Gasteiger partial charge is 0.0623 e. The van der Waals surface area contributed by atoms with E-state index in [0.717, 1.165) is 73.4 Å². The second kappa shape index (κ2) is 16.4. The third kappa shape index (κ3) is 7.68. The molecule has 0 radical (unpaired) electrons. The molecule has 0 aliphatic rings.